The molecule has 0 fully saturated rings. The summed E-state index contributed by atoms with van der Waals surface area (Å²) in [6.07, 6.45) is 2.80. The second-order valence-corrected chi connectivity index (χ2v) is 5.40. The van der Waals surface area contributed by atoms with Crippen LogP contribution in [0, 0.1) is 0 Å². The van der Waals surface area contributed by atoms with Crippen LogP contribution in [0.3, 0.4) is 0 Å². The fourth-order valence-corrected chi connectivity index (χ4v) is 2.71. The van der Waals surface area contributed by atoms with Crippen molar-refractivity contribution in [3.05, 3.63) is 29.9 Å². The van der Waals surface area contributed by atoms with Crippen LogP contribution in [-0.4, -0.2) is 18.4 Å². The van der Waals surface area contributed by atoms with Gasteiger partial charge in [-0.25, -0.2) is 9.97 Å². The smallest absolute Gasteiger partial charge is 0.281 e. The molecular weight excluding hydrogens is 248 g/mol. The first-order valence-corrected chi connectivity index (χ1v) is 6.58. The average Bonchev–Trinajstić information content (AvgIpc) is 2.70. The SMILES string of the molecule is Nc1ccc(S(=O)(=O)Nc2nccs2)nc1. The highest BCUT2D eigenvalue weighted by molar-refractivity contribution is 7.92. The van der Waals surface area contributed by atoms with E-state index in [1.54, 1.807) is 5.38 Å². The third-order valence-electron chi connectivity index (χ3n) is 1.69. The summed E-state index contributed by atoms with van der Waals surface area (Å²) in [5.41, 5.74) is 5.83. The lowest BCUT2D eigenvalue weighted by Gasteiger charge is -2.03. The Balaban J connectivity index is 2.29. The van der Waals surface area contributed by atoms with Gasteiger partial charge >= 0.3 is 0 Å². The zero-order valence-electron chi connectivity index (χ0n) is 7.99. The molecule has 0 aliphatic rings. The molecule has 0 unspecified atom stereocenters. The average molecular weight is 256 g/mol. The van der Waals surface area contributed by atoms with Crippen molar-refractivity contribution in [3.63, 3.8) is 0 Å². The fraction of sp³-hybridized carbons (Fsp3) is 0. The van der Waals surface area contributed by atoms with Crippen molar-refractivity contribution >= 4 is 32.2 Å². The summed E-state index contributed by atoms with van der Waals surface area (Å²) in [7, 11) is -3.67. The Kier molecular flexibility index (Phi) is 2.75. The van der Waals surface area contributed by atoms with E-state index < -0.39 is 10.0 Å². The van der Waals surface area contributed by atoms with E-state index in [4.69, 9.17) is 5.73 Å². The van der Waals surface area contributed by atoms with Crippen molar-refractivity contribution in [1.29, 1.82) is 0 Å². The molecule has 84 valence electrons. The Hall–Kier alpha value is -1.67. The molecule has 0 aliphatic heterocycles. The second kappa shape index (κ2) is 4.06. The van der Waals surface area contributed by atoms with Crippen molar-refractivity contribution in [3.8, 4) is 0 Å². The summed E-state index contributed by atoms with van der Waals surface area (Å²) in [4.78, 5) is 7.55. The Labute approximate surface area is 96.2 Å². The van der Waals surface area contributed by atoms with Crippen molar-refractivity contribution in [2.24, 2.45) is 0 Å². The van der Waals surface area contributed by atoms with Crippen LogP contribution in [0.15, 0.2) is 34.9 Å². The van der Waals surface area contributed by atoms with Gasteiger partial charge in [-0.3, -0.25) is 4.72 Å². The molecule has 16 heavy (non-hydrogen) atoms. The number of nitrogens with zero attached hydrogens (tertiary/aromatic N) is 2. The lowest BCUT2D eigenvalue weighted by atomic mass is 10.4. The minimum Gasteiger partial charge on any atom is -0.397 e. The van der Waals surface area contributed by atoms with Crippen LogP contribution in [0.5, 0.6) is 0 Å². The molecule has 0 amide bonds. The summed E-state index contributed by atoms with van der Waals surface area (Å²) in [5, 5.41) is 1.89. The standard InChI is InChI=1S/C8H8N4O2S2/c9-6-1-2-7(11-5-6)16(13,14)12-8-10-3-4-15-8/h1-5H,9H2,(H,10,12). The van der Waals surface area contributed by atoms with E-state index in [0.29, 0.717) is 10.8 Å². The first-order chi connectivity index (χ1) is 7.58. The predicted molar refractivity (Wildman–Crippen MR) is 61.6 cm³/mol. The first-order valence-electron chi connectivity index (χ1n) is 4.22. The third kappa shape index (κ3) is 2.28. The Morgan fingerprint density at radius 2 is 2.12 bits per heavy atom. The molecule has 2 rings (SSSR count). The molecular formula is C8H8N4O2S2. The second-order valence-electron chi connectivity index (χ2n) is 2.87. The molecule has 0 aliphatic carbocycles. The van der Waals surface area contributed by atoms with Crippen LogP contribution in [0.2, 0.25) is 0 Å². The molecule has 0 saturated heterocycles. The van der Waals surface area contributed by atoms with Crippen molar-refractivity contribution in [2.45, 2.75) is 5.03 Å². The number of thiazole rings is 1. The number of sulfonamides is 1. The predicted octanol–water partition coefficient (Wildman–Crippen LogP) is 0.921. The summed E-state index contributed by atoms with van der Waals surface area (Å²) >= 11 is 1.19. The maximum absolute atomic E-state index is 11.8. The van der Waals surface area contributed by atoms with Gasteiger partial charge in [-0.05, 0) is 12.1 Å². The summed E-state index contributed by atoms with van der Waals surface area (Å²) in [6, 6.07) is 2.81. The van der Waals surface area contributed by atoms with Gasteiger partial charge in [0, 0.05) is 11.6 Å². The normalized spacial score (nSPS) is 11.2. The molecule has 2 aromatic rings. The zero-order chi connectivity index (χ0) is 11.6. The lowest BCUT2D eigenvalue weighted by molar-refractivity contribution is 0.597. The van der Waals surface area contributed by atoms with E-state index in [-0.39, 0.29) is 5.03 Å². The molecule has 0 saturated carbocycles. The van der Waals surface area contributed by atoms with Crippen molar-refractivity contribution in [1.82, 2.24) is 9.97 Å². The minimum atomic E-state index is -3.67. The van der Waals surface area contributed by atoms with Crippen molar-refractivity contribution in [2.75, 3.05) is 10.5 Å². The molecule has 2 heterocycles. The Morgan fingerprint density at radius 1 is 1.31 bits per heavy atom. The number of nitrogens with one attached hydrogen (secondary N) is 1. The van der Waals surface area contributed by atoms with Gasteiger partial charge < -0.3 is 5.73 Å². The molecule has 0 bridgehead atoms. The van der Waals surface area contributed by atoms with Crippen LogP contribution in [0.4, 0.5) is 10.8 Å². The van der Waals surface area contributed by atoms with Gasteiger partial charge in [0.2, 0.25) is 0 Å². The van der Waals surface area contributed by atoms with Crippen LogP contribution in [-0.2, 0) is 10.0 Å². The van der Waals surface area contributed by atoms with Gasteiger partial charge in [-0.1, -0.05) is 0 Å². The number of pyridine rings is 1. The van der Waals surface area contributed by atoms with Gasteiger partial charge in [-0.15, -0.1) is 11.3 Å². The Bertz CT molecular complexity index is 563. The van der Waals surface area contributed by atoms with Crippen molar-refractivity contribution < 1.29 is 8.42 Å². The number of hydrogen-bond acceptors (Lipinski definition) is 6. The molecule has 0 radical (unpaired) electrons. The summed E-state index contributed by atoms with van der Waals surface area (Å²) in [6.45, 7) is 0. The maximum atomic E-state index is 11.8. The van der Waals surface area contributed by atoms with E-state index >= 15 is 0 Å². The fourth-order valence-electron chi connectivity index (χ4n) is 0.992. The number of nitrogens with two attached hydrogens (primary N) is 1. The number of hydrogen-bond donors (Lipinski definition) is 2. The van der Waals surface area contributed by atoms with Gasteiger partial charge in [0.15, 0.2) is 10.2 Å². The summed E-state index contributed by atoms with van der Waals surface area (Å²) < 4.78 is 25.8. The Morgan fingerprint density at radius 3 is 2.69 bits per heavy atom. The van der Waals surface area contributed by atoms with Gasteiger partial charge in [0.05, 0.1) is 11.9 Å². The number of nitrogen functional groups attached to an aromatic ring is 1. The van der Waals surface area contributed by atoms with Crippen LogP contribution in [0.25, 0.3) is 0 Å². The van der Waals surface area contributed by atoms with Crippen LogP contribution >= 0.6 is 11.3 Å². The van der Waals surface area contributed by atoms with E-state index in [9.17, 15) is 8.42 Å². The quantitative estimate of drug-likeness (QED) is 0.851. The monoisotopic (exact) mass is 256 g/mol. The van der Waals surface area contributed by atoms with Crippen LogP contribution < -0.4 is 10.5 Å². The molecule has 3 N–H and O–H groups in total. The van der Waals surface area contributed by atoms with E-state index in [2.05, 4.69) is 14.7 Å². The van der Waals surface area contributed by atoms with E-state index in [0.717, 1.165) is 0 Å². The highest BCUT2D eigenvalue weighted by Crippen LogP contribution is 2.16. The number of aromatic nitrogens is 2. The topological polar surface area (TPSA) is 98.0 Å². The highest BCUT2D eigenvalue weighted by atomic mass is 32.2. The molecule has 0 aromatic carbocycles. The molecule has 8 heteroatoms. The highest BCUT2D eigenvalue weighted by Gasteiger charge is 2.16. The third-order valence-corrected chi connectivity index (χ3v) is 3.76. The molecule has 6 nitrogen and oxygen atoms in total. The van der Waals surface area contributed by atoms with E-state index in [1.807, 2.05) is 0 Å². The molecule has 2 aromatic heterocycles. The maximum Gasteiger partial charge on any atom is 0.281 e. The molecule has 0 atom stereocenters. The number of rotatable bonds is 3. The molecule has 0 spiro atoms. The van der Waals surface area contributed by atoms with Gasteiger partial charge in [0.25, 0.3) is 10.0 Å². The van der Waals surface area contributed by atoms with E-state index in [1.165, 1.54) is 35.9 Å². The summed E-state index contributed by atoms with van der Waals surface area (Å²) in [5.74, 6) is 0. The first kappa shape index (κ1) is 10.8. The lowest BCUT2D eigenvalue weighted by Crippen LogP contribution is -2.14. The zero-order valence-corrected chi connectivity index (χ0v) is 9.62. The number of anilines is 2. The van der Waals surface area contributed by atoms with Gasteiger partial charge in [0.1, 0.15) is 0 Å². The largest absolute Gasteiger partial charge is 0.397 e. The van der Waals surface area contributed by atoms with Gasteiger partial charge in [-0.2, -0.15) is 8.42 Å². The van der Waals surface area contributed by atoms with Crippen LogP contribution in [0.1, 0.15) is 0 Å². The minimum absolute atomic E-state index is 0.0862.